The third-order valence-corrected chi connectivity index (χ3v) is 3.43. The molecule has 0 unspecified atom stereocenters. The number of hydrogen-bond acceptors (Lipinski definition) is 5. The van der Waals surface area contributed by atoms with Gasteiger partial charge in [0.1, 0.15) is 5.75 Å². The van der Waals surface area contributed by atoms with Crippen LogP contribution in [0.4, 0.5) is 5.69 Å². The summed E-state index contributed by atoms with van der Waals surface area (Å²) in [6, 6.07) is 9.40. The van der Waals surface area contributed by atoms with E-state index < -0.39 is 11.9 Å². The normalized spacial score (nSPS) is 10.0. The van der Waals surface area contributed by atoms with Gasteiger partial charge in [-0.1, -0.05) is 12.1 Å². The van der Waals surface area contributed by atoms with Crippen molar-refractivity contribution >= 4 is 17.6 Å². The standard InChI is InChI=1S/C18H19NO6/c1-4-25-16-10-13(12(18(21)22)9-15(16)24-3)19-17(20)11-7-5-6-8-14(11)23-2/h5-10H,4H2,1-3H3,(H,19,20)(H,21,22). The van der Waals surface area contributed by atoms with Gasteiger partial charge in [-0.2, -0.15) is 0 Å². The third-order valence-electron chi connectivity index (χ3n) is 3.43. The molecule has 1 amide bonds. The summed E-state index contributed by atoms with van der Waals surface area (Å²) in [4.78, 5) is 24.1. The van der Waals surface area contributed by atoms with Gasteiger partial charge in [-0.3, -0.25) is 4.79 Å². The molecule has 0 aromatic heterocycles. The second-order valence-electron chi connectivity index (χ2n) is 4.94. The number of aromatic carboxylic acids is 1. The molecule has 0 spiro atoms. The first-order valence-corrected chi connectivity index (χ1v) is 7.54. The van der Waals surface area contributed by atoms with Crippen LogP contribution in [0.5, 0.6) is 17.2 Å². The van der Waals surface area contributed by atoms with E-state index in [4.69, 9.17) is 14.2 Å². The third kappa shape index (κ3) is 4.00. The van der Waals surface area contributed by atoms with E-state index in [9.17, 15) is 14.7 Å². The summed E-state index contributed by atoms with van der Waals surface area (Å²) in [6.45, 7) is 2.15. The van der Waals surface area contributed by atoms with Crippen LogP contribution >= 0.6 is 0 Å². The molecule has 0 radical (unpaired) electrons. The first-order chi connectivity index (χ1) is 12.0. The van der Waals surface area contributed by atoms with E-state index in [0.717, 1.165) is 0 Å². The van der Waals surface area contributed by atoms with Crippen molar-refractivity contribution in [3.8, 4) is 17.2 Å². The van der Waals surface area contributed by atoms with Crippen LogP contribution in [-0.2, 0) is 0 Å². The van der Waals surface area contributed by atoms with Crippen LogP contribution in [0.2, 0.25) is 0 Å². The average molecular weight is 345 g/mol. The van der Waals surface area contributed by atoms with Gasteiger partial charge in [0.15, 0.2) is 11.5 Å². The Kier molecular flexibility index (Phi) is 5.84. The molecule has 0 atom stereocenters. The highest BCUT2D eigenvalue weighted by Crippen LogP contribution is 2.34. The number of hydrogen-bond donors (Lipinski definition) is 2. The molecule has 2 aromatic carbocycles. The quantitative estimate of drug-likeness (QED) is 0.801. The molecule has 7 nitrogen and oxygen atoms in total. The van der Waals surface area contributed by atoms with Gasteiger partial charge in [0.2, 0.25) is 0 Å². The van der Waals surface area contributed by atoms with Crippen LogP contribution in [0.3, 0.4) is 0 Å². The van der Waals surface area contributed by atoms with Crippen molar-refractivity contribution in [1.82, 2.24) is 0 Å². The number of rotatable bonds is 7. The first kappa shape index (κ1) is 18.1. The van der Waals surface area contributed by atoms with Gasteiger partial charge in [-0.05, 0) is 19.1 Å². The number of carbonyl (C=O) groups excluding carboxylic acids is 1. The zero-order valence-corrected chi connectivity index (χ0v) is 14.2. The highest BCUT2D eigenvalue weighted by Gasteiger charge is 2.20. The fourth-order valence-corrected chi connectivity index (χ4v) is 2.29. The molecule has 0 bridgehead atoms. The van der Waals surface area contributed by atoms with Crippen molar-refractivity contribution < 1.29 is 28.9 Å². The summed E-state index contributed by atoms with van der Waals surface area (Å²) in [7, 11) is 2.87. The molecular formula is C18H19NO6. The van der Waals surface area contributed by atoms with Gasteiger partial charge in [0, 0.05) is 12.1 Å². The molecule has 0 aliphatic heterocycles. The fourth-order valence-electron chi connectivity index (χ4n) is 2.29. The Hall–Kier alpha value is -3.22. The topological polar surface area (TPSA) is 94.1 Å². The van der Waals surface area contributed by atoms with E-state index in [1.165, 1.54) is 26.4 Å². The number of carboxylic acid groups (broad SMARTS) is 1. The molecule has 7 heteroatoms. The van der Waals surface area contributed by atoms with Crippen molar-refractivity contribution in [2.45, 2.75) is 6.92 Å². The zero-order chi connectivity index (χ0) is 18.4. The maximum Gasteiger partial charge on any atom is 0.337 e. The monoisotopic (exact) mass is 345 g/mol. The summed E-state index contributed by atoms with van der Waals surface area (Å²) in [5, 5.41) is 12.0. The molecule has 0 aliphatic carbocycles. The number of amides is 1. The van der Waals surface area contributed by atoms with Crippen molar-refractivity contribution in [3.05, 3.63) is 47.5 Å². The van der Waals surface area contributed by atoms with Gasteiger partial charge in [-0.15, -0.1) is 0 Å². The van der Waals surface area contributed by atoms with Crippen molar-refractivity contribution in [1.29, 1.82) is 0 Å². The predicted octanol–water partition coefficient (Wildman–Crippen LogP) is 3.05. The summed E-state index contributed by atoms with van der Waals surface area (Å²) in [6.07, 6.45) is 0. The van der Waals surface area contributed by atoms with Gasteiger partial charge in [-0.25, -0.2) is 4.79 Å². The van der Waals surface area contributed by atoms with Gasteiger partial charge >= 0.3 is 5.97 Å². The minimum Gasteiger partial charge on any atom is -0.496 e. The maximum absolute atomic E-state index is 12.5. The Morgan fingerprint density at radius 1 is 1.00 bits per heavy atom. The van der Waals surface area contributed by atoms with Gasteiger partial charge in [0.05, 0.1) is 37.6 Å². The van der Waals surface area contributed by atoms with Crippen molar-refractivity contribution in [2.75, 3.05) is 26.1 Å². The van der Waals surface area contributed by atoms with E-state index in [1.807, 2.05) is 0 Å². The molecular weight excluding hydrogens is 326 g/mol. The minimum absolute atomic E-state index is 0.104. The summed E-state index contributed by atoms with van der Waals surface area (Å²) >= 11 is 0. The Labute approximate surface area is 145 Å². The van der Waals surface area contributed by atoms with E-state index in [1.54, 1.807) is 31.2 Å². The number of nitrogens with one attached hydrogen (secondary N) is 1. The molecule has 0 heterocycles. The lowest BCUT2D eigenvalue weighted by Gasteiger charge is -2.15. The number of carboxylic acids is 1. The highest BCUT2D eigenvalue weighted by atomic mass is 16.5. The molecule has 2 aromatic rings. The zero-order valence-electron chi connectivity index (χ0n) is 14.2. The van der Waals surface area contributed by atoms with E-state index in [-0.39, 0.29) is 22.6 Å². The molecule has 2 rings (SSSR count). The number of ether oxygens (including phenoxy) is 3. The maximum atomic E-state index is 12.5. The highest BCUT2D eigenvalue weighted by molar-refractivity contribution is 6.09. The number of benzene rings is 2. The largest absolute Gasteiger partial charge is 0.496 e. The van der Waals surface area contributed by atoms with Crippen LogP contribution in [-0.4, -0.2) is 37.8 Å². The lowest BCUT2D eigenvalue weighted by Crippen LogP contribution is -2.16. The van der Waals surface area contributed by atoms with Crippen molar-refractivity contribution in [2.24, 2.45) is 0 Å². The fraction of sp³-hybridized carbons (Fsp3) is 0.222. The van der Waals surface area contributed by atoms with Crippen molar-refractivity contribution in [3.63, 3.8) is 0 Å². The number of anilines is 1. The van der Waals surface area contributed by atoms with Gasteiger partial charge < -0.3 is 24.6 Å². The number of methoxy groups -OCH3 is 2. The van der Waals surface area contributed by atoms with E-state index in [2.05, 4.69) is 5.32 Å². The Bertz CT molecular complexity index is 787. The number of para-hydroxylation sites is 1. The Morgan fingerprint density at radius 2 is 1.68 bits per heavy atom. The molecule has 2 N–H and O–H groups in total. The lowest BCUT2D eigenvalue weighted by atomic mass is 10.1. The average Bonchev–Trinajstić information content (AvgIpc) is 2.61. The smallest absolute Gasteiger partial charge is 0.337 e. The summed E-state index contributed by atoms with van der Waals surface area (Å²) in [5.74, 6) is -0.695. The predicted molar refractivity (Wildman–Crippen MR) is 92.1 cm³/mol. The Morgan fingerprint density at radius 3 is 2.28 bits per heavy atom. The van der Waals surface area contributed by atoms with Gasteiger partial charge in [0.25, 0.3) is 5.91 Å². The van der Waals surface area contributed by atoms with Crippen LogP contribution in [0.1, 0.15) is 27.6 Å². The van der Waals surface area contributed by atoms with E-state index >= 15 is 0 Å². The first-order valence-electron chi connectivity index (χ1n) is 7.54. The molecule has 25 heavy (non-hydrogen) atoms. The van der Waals surface area contributed by atoms with Crippen LogP contribution in [0, 0.1) is 0 Å². The second-order valence-corrected chi connectivity index (χ2v) is 4.94. The summed E-state index contributed by atoms with van der Waals surface area (Å²) < 4.78 is 15.7. The number of carbonyl (C=O) groups is 2. The molecule has 0 fully saturated rings. The van der Waals surface area contributed by atoms with Crippen LogP contribution in [0.15, 0.2) is 36.4 Å². The van der Waals surface area contributed by atoms with Crippen LogP contribution < -0.4 is 19.5 Å². The molecule has 0 saturated carbocycles. The van der Waals surface area contributed by atoms with Crippen LogP contribution in [0.25, 0.3) is 0 Å². The summed E-state index contributed by atoms with van der Waals surface area (Å²) in [5.41, 5.74) is 0.284. The molecule has 0 aliphatic rings. The second kappa shape index (κ2) is 8.05. The lowest BCUT2D eigenvalue weighted by molar-refractivity contribution is 0.0697. The Balaban J connectivity index is 2.44. The minimum atomic E-state index is -1.20. The molecule has 0 saturated heterocycles. The molecule has 132 valence electrons. The SMILES string of the molecule is CCOc1cc(NC(=O)c2ccccc2OC)c(C(=O)O)cc1OC. The van der Waals surface area contributed by atoms with E-state index in [0.29, 0.717) is 18.1 Å².